The molecule has 0 aliphatic carbocycles. The summed E-state index contributed by atoms with van der Waals surface area (Å²) in [6, 6.07) is 0. The summed E-state index contributed by atoms with van der Waals surface area (Å²) in [5.74, 6) is -46.2. The molecule has 0 fully saturated rings. The lowest BCUT2D eigenvalue weighted by atomic mass is 9.83. The Balaban J connectivity index is 7.07. The van der Waals surface area contributed by atoms with Gasteiger partial charge in [-0.3, -0.25) is 10.5 Å². The van der Waals surface area contributed by atoms with Gasteiger partial charge in [0.2, 0.25) is 0 Å². The number of ketones is 1. The Labute approximate surface area is 157 Å². The second kappa shape index (κ2) is 6.95. The van der Waals surface area contributed by atoms with Gasteiger partial charge in [-0.25, -0.2) is 4.39 Å². The topological polar surface area (TPSA) is 63.3 Å². The van der Waals surface area contributed by atoms with E-state index >= 15 is 0 Å². The highest BCUT2D eigenvalue weighted by molar-refractivity contribution is 5.93. The van der Waals surface area contributed by atoms with Gasteiger partial charge in [-0.15, -0.1) is 0 Å². The van der Waals surface area contributed by atoms with Crippen molar-refractivity contribution in [3.8, 4) is 0 Å². The zero-order chi connectivity index (χ0) is 26.1. The van der Waals surface area contributed by atoms with Crippen LogP contribution >= 0.6 is 0 Å². The molecule has 0 aliphatic heterocycles. The summed E-state index contributed by atoms with van der Waals surface area (Å²) < 4.78 is 220. The SMILES string of the molecule is CC(N)(O)C(=O)C(F)(F)C(F)(F)C(F)(F)C(F)(F)C(F)(F)C(F)(C(F)(F)F)C(F)(F)F. The third-order valence-electron chi connectivity index (χ3n) is 3.54. The largest absolute Gasteiger partial charge is 0.438 e. The number of hydrogen-bond acceptors (Lipinski definition) is 3. The van der Waals surface area contributed by atoms with Gasteiger partial charge in [0.25, 0.3) is 5.78 Å². The van der Waals surface area contributed by atoms with Crippen molar-refractivity contribution in [2.24, 2.45) is 5.73 Å². The highest BCUT2D eigenvalue weighted by atomic mass is 19.4. The first kappa shape index (κ1) is 29.4. The highest BCUT2D eigenvalue weighted by Gasteiger charge is 2.97. The average Bonchev–Trinajstić information content (AvgIpc) is 2.49. The third kappa shape index (κ3) is 3.67. The maximum absolute atomic E-state index is 13.4. The highest BCUT2D eigenvalue weighted by Crippen LogP contribution is 2.65. The van der Waals surface area contributed by atoms with E-state index < -0.39 is 59.1 Å². The predicted octanol–water partition coefficient (Wildman–Crippen LogP) is 4.23. The molecule has 1 unspecified atom stereocenters. The molecule has 20 heteroatoms. The van der Waals surface area contributed by atoms with Gasteiger partial charge >= 0.3 is 47.6 Å². The van der Waals surface area contributed by atoms with Crippen molar-refractivity contribution in [1.29, 1.82) is 0 Å². The molecule has 0 aromatic carbocycles. The predicted molar refractivity (Wildman–Crippen MR) is 60.5 cm³/mol. The van der Waals surface area contributed by atoms with Crippen molar-refractivity contribution in [3.63, 3.8) is 0 Å². The third-order valence-corrected chi connectivity index (χ3v) is 3.54. The van der Waals surface area contributed by atoms with E-state index in [0.29, 0.717) is 0 Å². The summed E-state index contributed by atoms with van der Waals surface area (Å²) in [6.07, 6.45) is -16.5. The lowest BCUT2D eigenvalue weighted by Gasteiger charge is -2.44. The van der Waals surface area contributed by atoms with Crippen molar-refractivity contribution >= 4 is 5.78 Å². The van der Waals surface area contributed by atoms with E-state index in [9.17, 15) is 79.4 Å². The maximum Gasteiger partial charge on any atom is 0.438 e. The van der Waals surface area contributed by atoms with E-state index in [0.717, 1.165) is 0 Å². The quantitative estimate of drug-likeness (QED) is 0.401. The van der Waals surface area contributed by atoms with Gasteiger partial charge in [-0.1, -0.05) is 0 Å². The fourth-order valence-corrected chi connectivity index (χ4v) is 1.78. The number of aliphatic hydroxyl groups is 1. The van der Waals surface area contributed by atoms with E-state index in [-0.39, 0.29) is 6.92 Å². The molecule has 0 radical (unpaired) electrons. The van der Waals surface area contributed by atoms with Crippen LogP contribution in [0.3, 0.4) is 0 Å². The zero-order valence-electron chi connectivity index (χ0n) is 13.9. The van der Waals surface area contributed by atoms with Gasteiger partial charge in [0.05, 0.1) is 0 Å². The van der Waals surface area contributed by atoms with Crippen LogP contribution in [-0.4, -0.2) is 64.2 Å². The summed E-state index contributed by atoms with van der Waals surface area (Å²) >= 11 is 0. The Kier molecular flexibility index (Phi) is 6.59. The van der Waals surface area contributed by atoms with Crippen LogP contribution in [0.4, 0.5) is 74.6 Å². The fourth-order valence-electron chi connectivity index (χ4n) is 1.78. The smallest absolute Gasteiger partial charge is 0.369 e. The molecule has 0 bridgehead atoms. The zero-order valence-corrected chi connectivity index (χ0v) is 13.9. The standard InChI is InChI=1S/C11H6F17NO2/c1-3(29,31)2(30)4(12,13)6(15,16)8(19,20)9(21,22)7(17,18)5(14,10(23,24)25)11(26,27)28/h31H,29H2,1H3. The molecule has 3 N–H and O–H groups in total. The van der Waals surface area contributed by atoms with Crippen LogP contribution in [0.5, 0.6) is 0 Å². The lowest BCUT2D eigenvalue weighted by molar-refractivity contribution is -0.463. The van der Waals surface area contributed by atoms with Crippen LogP contribution in [0.1, 0.15) is 6.92 Å². The number of halogens is 17. The fraction of sp³-hybridized carbons (Fsp3) is 0.909. The van der Waals surface area contributed by atoms with Crippen molar-refractivity contribution in [1.82, 2.24) is 0 Å². The first-order valence-electron chi connectivity index (χ1n) is 6.68. The van der Waals surface area contributed by atoms with Crippen molar-refractivity contribution in [2.75, 3.05) is 0 Å². The van der Waals surface area contributed by atoms with E-state index in [4.69, 9.17) is 5.11 Å². The number of nitrogens with two attached hydrogens (primary N) is 1. The van der Waals surface area contributed by atoms with Crippen LogP contribution in [0.2, 0.25) is 0 Å². The Bertz CT molecular complexity index is 684. The Morgan fingerprint density at radius 3 is 1.06 bits per heavy atom. The van der Waals surface area contributed by atoms with Crippen molar-refractivity contribution in [2.45, 2.75) is 60.3 Å². The average molecular weight is 507 g/mol. The van der Waals surface area contributed by atoms with Crippen LogP contribution in [-0.2, 0) is 4.79 Å². The molecule has 0 saturated heterocycles. The molecule has 0 rings (SSSR count). The number of carbonyl (C=O) groups is 1. The molecule has 1 atom stereocenters. The molecular weight excluding hydrogens is 501 g/mol. The summed E-state index contributed by atoms with van der Waals surface area (Å²) in [4.78, 5) is 10.9. The summed E-state index contributed by atoms with van der Waals surface area (Å²) in [6.45, 7) is -0.357. The van der Waals surface area contributed by atoms with Gasteiger partial charge in [0.1, 0.15) is 0 Å². The molecule has 0 heterocycles. The van der Waals surface area contributed by atoms with Gasteiger partial charge in [-0.2, -0.15) is 70.2 Å². The van der Waals surface area contributed by atoms with Gasteiger partial charge < -0.3 is 5.11 Å². The minimum atomic E-state index is -8.92. The van der Waals surface area contributed by atoms with E-state index in [1.54, 1.807) is 0 Å². The molecular formula is C11H6F17NO2. The summed E-state index contributed by atoms with van der Waals surface area (Å²) in [5, 5.41) is 8.63. The van der Waals surface area contributed by atoms with E-state index in [1.165, 1.54) is 0 Å². The van der Waals surface area contributed by atoms with Crippen LogP contribution in [0.25, 0.3) is 0 Å². The number of alkyl halides is 17. The summed E-state index contributed by atoms with van der Waals surface area (Å²) in [7, 11) is 0. The molecule has 31 heavy (non-hydrogen) atoms. The van der Waals surface area contributed by atoms with Crippen LogP contribution < -0.4 is 5.73 Å². The maximum atomic E-state index is 13.4. The Morgan fingerprint density at radius 1 is 0.581 bits per heavy atom. The first-order chi connectivity index (χ1) is 12.9. The van der Waals surface area contributed by atoms with Gasteiger partial charge in [0, 0.05) is 0 Å². The Hall–Kier alpha value is -1.60. The van der Waals surface area contributed by atoms with E-state index in [1.807, 2.05) is 0 Å². The molecule has 0 aromatic rings. The Morgan fingerprint density at radius 2 is 0.839 bits per heavy atom. The molecule has 186 valence electrons. The summed E-state index contributed by atoms with van der Waals surface area (Å²) in [5.41, 5.74) is -8.82. The first-order valence-corrected chi connectivity index (χ1v) is 6.68. The lowest BCUT2D eigenvalue weighted by Crippen LogP contribution is -2.77. The van der Waals surface area contributed by atoms with Gasteiger partial charge in [-0.05, 0) is 6.92 Å². The van der Waals surface area contributed by atoms with Crippen molar-refractivity contribution in [3.05, 3.63) is 0 Å². The minimum Gasteiger partial charge on any atom is -0.369 e. The molecule has 0 aromatic heterocycles. The normalized spacial score (nSPS) is 18.1. The van der Waals surface area contributed by atoms with Crippen LogP contribution in [0.15, 0.2) is 0 Å². The monoisotopic (exact) mass is 507 g/mol. The van der Waals surface area contributed by atoms with E-state index in [2.05, 4.69) is 5.73 Å². The second-order valence-electron chi connectivity index (χ2n) is 6.00. The van der Waals surface area contributed by atoms with Crippen molar-refractivity contribution < 1.29 is 84.5 Å². The van der Waals surface area contributed by atoms with Gasteiger partial charge in [0.15, 0.2) is 5.72 Å². The molecule has 0 spiro atoms. The second-order valence-corrected chi connectivity index (χ2v) is 6.00. The molecule has 0 saturated carbocycles. The molecule has 0 aliphatic rings. The minimum absolute atomic E-state index is 0.357. The number of carbonyl (C=O) groups excluding carboxylic acids is 1. The molecule has 3 nitrogen and oxygen atoms in total. The van der Waals surface area contributed by atoms with Crippen LogP contribution in [0, 0.1) is 0 Å². The number of hydrogen-bond donors (Lipinski definition) is 2. The number of Topliss-reactive ketones (excluding diaryl/α,β-unsaturated/α-hetero) is 1. The number of rotatable bonds is 7. The molecule has 0 amide bonds.